The number of carbonyl (C=O) groups is 4. The highest BCUT2D eigenvalue weighted by molar-refractivity contribution is 6.14. The number of imide groups is 1. The van der Waals surface area contributed by atoms with Crippen LogP contribution >= 0.6 is 0 Å². The summed E-state index contributed by atoms with van der Waals surface area (Å²) in [6.45, 7) is 0. The number of para-hydroxylation sites is 2. The monoisotopic (exact) mass is 440 g/mol. The van der Waals surface area contributed by atoms with Crippen molar-refractivity contribution < 1.29 is 28.8 Å². The first-order valence-corrected chi connectivity index (χ1v) is 10.2. The molecular weight excluding hydrogens is 424 g/mol. The Bertz CT molecular complexity index is 1370. The van der Waals surface area contributed by atoms with E-state index in [-0.39, 0.29) is 24.2 Å². The number of pyridine rings is 1. The van der Waals surface area contributed by atoms with Gasteiger partial charge in [0.05, 0.1) is 22.2 Å². The minimum absolute atomic E-state index is 0.0133. The van der Waals surface area contributed by atoms with Crippen molar-refractivity contribution in [1.82, 2.24) is 10.0 Å². The number of ether oxygens (including phenoxy) is 1. The lowest BCUT2D eigenvalue weighted by atomic mass is 10.0. The van der Waals surface area contributed by atoms with Crippen LogP contribution in [0.3, 0.4) is 0 Å². The summed E-state index contributed by atoms with van der Waals surface area (Å²) in [5.41, 5.74) is 1.84. The zero-order valence-electron chi connectivity index (χ0n) is 17.2. The molecule has 8 heteroatoms. The van der Waals surface area contributed by atoms with Crippen LogP contribution < -0.4 is 4.74 Å². The summed E-state index contributed by atoms with van der Waals surface area (Å²) in [5.74, 6) is -2.32. The van der Waals surface area contributed by atoms with Crippen molar-refractivity contribution in [2.24, 2.45) is 0 Å². The van der Waals surface area contributed by atoms with Crippen molar-refractivity contribution in [3.63, 3.8) is 0 Å². The molecule has 5 rings (SSSR count). The van der Waals surface area contributed by atoms with Gasteiger partial charge in [0, 0.05) is 23.6 Å². The maximum absolute atomic E-state index is 13.1. The van der Waals surface area contributed by atoms with E-state index in [0.29, 0.717) is 32.4 Å². The third kappa shape index (κ3) is 3.78. The van der Waals surface area contributed by atoms with Gasteiger partial charge in [0.2, 0.25) is 0 Å². The molecule has 0 saturated carbocycles. The summed E-state index contributed by atoms with van der Waals surface area (Å²) in [7, 11) is 0. The van der Waals surface area contributed by atoms with Crippen LogP contribution in [0.4, 0.5) is 0 Å². The molecule has 162 valence electrons. The number of aromatic nitrogens is 1. The molecule has 4 aromatic rings. The standard InChI is InChI=1S/C25H16N2O6/c28-21-13-14-22(29)27(21)33-24(30)15-9-11-16(12-10-15)32-25(31)23-17-5-1-3-7-19(17)26-20-8-4-2-6-18(20)23/h1-12H,13-14H2. The number of hydrogen-bond acceptors (Lipinski definition) is 7. The topological polar surface area (TPSA) is 103 Å². The van der Waals surface area contributed by atoms with Gasteiger partial charge in [0.25, 0.3) is 11.8 Å². The second-order valence-corrected chi connectivity index (χ2v) is 7.40. The van der Waals surface area contributed by atoms with E-state index in [1.54, 1.807) is 0 Å². The summed E-state index contributed by atoms with van der Waals surface area (Å²) in [5, 5.41) is 1.82. The molecule has 1 aromatic heterocycles. The Kier molecular flexibility index (Phi) is 5.02. The van der Waals surface area contributed by atoms with Gasteiger partial charge in [0.1, 0.15) is 5.75 Å². The van der Waals surface area contributed by atoms with Crippen LogP contribution in [-0.2, 0) is 14.4 Å². The van der Waals surface area contributed by atoms with Gasteiger partial charge in [0.15, 0.2) is 0 Å². The lowest BCUT2D eigenvalue weighted by molar-refractivity contribution is -0.172. The fourth-order valence-electron chi connectivity index (χ4n) is 3.67. The van der Waals surface area contributed by atoms with Crippen molar-refractivity contribution in [3.8, 4) is 5.75 Å². The summed E-state index contributed by atoms with van der Waals surface area (Å²) in [6.07, 6.45) is 0.0265. The average Bonchev–Trinajstić information content (AvgIpc) is 3.14. The normalized spacial score (nSPS) is 13.5. The number of rotatable bonds is 4. The summed E-state index contributed by atoms with van der Waals surface area (Å²) in [6, 6.07) is 20.3. The molecule has 0 atom stereocenters. The van der Waals surface area contributed by atoms with Crippen LogP contribution in [0.1, 0.15) is 33.6 Å². The van der Waals surface area contributed by atoms with Gasteiger partial charge in [-0.2, -0.15) is 0 Å². The smallest absolute Gasteiger partial charge is 0.363 e. The van der Waals surface area contributed by atoms with E-state index in [0.717, 1.165) is 0 Å². The minimum Gasteiger partial charge on any atom is -0.423 e. The number of benzene rings is 3. The first-order chi connectivity index (χ1) is 16.0. The largest absolute Gasteiger partial charge is 0.423 e. The molecule has 33 heavy (non-hydrogen) atoms. The van der Waals surface area contributed by atoms with Crippen LogP contribution in [0.5, 0.6) is 5.75 Å². The van der Waals surface area contributed by atoms with Crippen molar-refractivity contribution in [2.45, 2.75) is 12.8 Å². The molecule has 2 amide bonds. The summed E-state index contributed by atoms with van der Waals surface area (Å²) in [4.78, 5) is 58.1. The van der Waals surface area contributed by atoms with Crippen molar-refractivity contribution >= 4 is 45.6 Å². The van der Waals surface area contributed by atoms with Crippen LogP contribution in [0, 0.1) is 0 Å². The van der Waals surface area contributed by atoms with Gasteiger partial charge in [-0.05, 0) is 36.4 Å². The number of esters is 1. The number of hydroxylamine groups is 2. The molecule has 0 bridgehead atoms. The predicted molar refractivity (Wildman–Crippen MR) is 117 cm³/mol. The van der Waals surface area contributed by atoms with Crippen LogP contribution in [-0.4, -0.2) is 33.8 Å². The molecule has 0 radical (unpaired) electrons. The van der Waals surface area contributed by atoms with Gasteiger partial charge >= 0.3 is 11.9 Å². The molecule has 8 nitrogen and oxygen atoms in total. The molecule has 1 fully saturated rings. The maximum atomic E-state index is 13.1. The van der Waals surface area contributed by atoms with Gasteiger partial charge in [-0.15, -0.1) is 5.06 Å². The van der Waals surface area contributed by atoms with E-state index >= 15 is 0 Å². The third-order valence-electron chi connectivity index (χ3n) is 5.27. The highest BCUT2D eigenvalue weighted by Crippen LogP contribution is 2.27. The highest BCUT2D eigenvalue weighted by atomic mass is 16.7. The van der Waals surface area contributed by atoms with Gasteiger partial charge < -0.3 is 9.57 Å². The van der Waals surface area contributed by atoms with E-state index in [1.807, 2.05) is 48.5 Å². The molecule has 0 N–H and O–H groups in total. The van der Waals surface area contributed by atoms with Crippen molar-refractivity contribution in [2.75, 3.05) is 0 Å². The summed E-state index contributed by atoms with van der Waals surface area (Å²) < 4.78 is 5.58. The maximum Gasteiger partial charge on any atom is 0.363 e. The molecule has 0 unspecified atom stereocenters. The Morgan fingerprint density at radius 3 is 1.85 bits per heavy atom. The number of fused-ring (bicyclic) bond motifs is 2. The SMILES string of the molecule is O=C(ON1C(=O)CCC1=O)c1ccc(OC(=O)c2c3ccccc3nc3ccccc23)cc1. The lowest BCUT2D eigenvalue weighted by Gasteiger charge is -2.13. The summed E-state index contributed by atoms with van der Waals surface area (Å²) >= 11 is 0. The Labute approximate surface area is 187 Å². The van der Waals surface area contributed by atoms with Crippen LogP contribution in [0.25, 0.3) is 21.8 Å². The Balaban J connectivity index is 1.39. The Morgan fingerprint density at radius 2 is 1.27 bits per heavy atom. The average molecular weight is 440 g/mol. The quantitative estimate of drug-likeness (QED) is 0.206. The fourth-order valence-corrected chi connectivity index (χ4v) is 3.67. The highest BCUT2D eigenvalue weighted by Gasteiger charge is 2.33. The second-order valence-electron chi connectivity index (χ2n) is 7.40. The Hall–Kier alpha value is -4.59. The van der Waals surface area contributed by atoms with E-state index in [1.165, 1.54) is 24.3 Å². The molecule has 0 aliphatic carbocycles. The zero-order valence-corrected chi connectivity index (χ0v) is 17.2. The van der Waals surface area contributed by atoms with Crippen molar-refractivity contribution in [1.29, 1.82) is 0 Å². The van der Waals surface area contributed by atoms with Gasteiger partial charge in [-0.1, -0.05) is 36.4 Å². The molecule has 3 aromatic carbocycles. The van der Waals surface area contributed by atoms with E-state index in [2.05, 4.69) is 4.98 Å². The number of nitrogens with zero attached hydrogens (tertiary/aromatic N) is 2. The van der Waals surface area contributed by atoms with Crippen LogP contribution in [0.2, 0.25) is 0 Å². The number of carbonyl (C=O) groups excluding carboxylic acids is 4. The number of amides is 2. The fraction of sp³-hybridized carbons (Fsp3) is 0.0800. The Morgan fingerprint density at radius 1 is 0.727 bits per heavy atom. The third-order valence-corrected chi connectivity index (χ3v) is 5.27. The first kappa shape index (κ1) is 20.3. The first-order valence-electron chi connectivity index (χ1n) is 10.2. The molecule has 1 aliphatic heterocycles. The molecular formula is C25H16N2O6. The molecule has 0 spiro atoms. The van der Waals surface area contributed by atoms with Gasteiger partial charge in [-0.25, -0.2) is 14.6 Å². The van der Waals surface area contributed by atoms with E-state index in [9.17, 15) is 19.2 Å². The minimum atomic E-state index is -0.859. The van der Waals surface area contributed by atoms with E-state index in [4.69, 9.17) is 9.57 Å². The number of hydrogen-bond donors (Lipinski definition) is 0. The molecule has 1 aliphatic rings. The second kappa shape index (κ2) is 8.16. The lowest BCUT2D eigenvalue weighted by Crippen LogP contribution is -2.32. The van der Waals surface area contributed by atoms with E-state index < -0.39 is 23.8 Å². The molecule has 2 heterocycles. The molecule has 1 saturated heterocycles. The van der Waals surface area contributed by atoms with Crippen molar-refractivity contribution in [3.05, 3.63) is 83.9 Å². The van der Waals surface area contributed by atoms with Crippen LogP contribution in [0.15, 0.2) is 72.8 Å². The zero-order chi connectivity index (χ0) is 22.9. The van der Waals surface area contributed by atoms with Gasteiger partial charge in [-0.3, -0.25) is 9.59 Å². The predicted octanol–water partition coefficient (Wildman–Crippen LogP) is 3.83.